The summed E-state index contributed by atoms with van der Waals surface area (Å²) in [4.78, 5) is 3.12. The van der Waals surface area contributed by atoms with Crippen molar-refractivity contribution in [1.29, 1.82) is 5.26 Å². The van der Waals surface area contributed by atoms with Gasteiger partial charge in [-0.15, -0.1) is 0 Å². The highest BCUT2D eigenvalue weighted by molar-refractivity contribution is 5.38. The van der Waals surface area contributed by atoms with E-state index in [4.69, 9.17) is 10.4 Å². The summed E-state index contributed by atoms with van der Waals surface area (Å²) in [5, 5.41) is 17.1. The van der Waals surface area contributed by atoms with E-state index < -0.39 is 30.1 Å². The molecule has 0 bridgehead atoms. The average Bonchev–Trinajstić information content (AvgIpc) is 2.16. The highest BCUT2D eigenvalue weighted by atomic mass is 19.3. The second kappa shape index (κ2) is 4.07. The van der Waals surface area contributed by atoms with Crippen LogP contribution in [-0.4, -0.2) is 10.1 Å². The fourth-order valence-electron chi connectivity index (χ4n) is 0.931. The molecule has 0 amide bonds. The second-order valence-corrected chi connectivity index (χ2v) is 2.43. The van der Waals surface area contributed by atoms with Gasteiger partial charge < -0.3 is 5.11 Å². The van der Waals surface area contributed by atoms with Crippen LogP contribution in [0.4, 0.5) is 13.2 Å². The van der Waals surface area contributed by atoms with Gasteiger partial charge in [-0.2, -0.15) is 5.26 Å². The predicted octanol–water partition coefficient (Wildman–Crippen LogP) is 1.52. The first kappa shape index (κ1) is 10.5. The lowest BCUT2D eigenvalue weighted by atomic mass is 10.1. The monoisotopic (exact) mass is 202 g/mol. The minimum atomic E-state index is -3.07. The van der Waals surface area contributed by atoms with E-state index in [0.717, 1.165) is 6.20 Å². The highest BCUT2D eigenvalue weighted by Crippen LogP contribution is 2.23. The lowest BCUT2D eigenvalue weighted by molar-refractivity contribution is 0.140. The van der Waals surface area contributed by atoms with Gasteiger partial charge in [0.2, 0.25) is 0 Å². The van der Waals surface area contributed by atoms with Crippen molar-refractivity contribution >= 4 is 0 Å². The number of nitrogens with zero attached hydrogens (tertiary/aromatic N) is 2. The Labute approximate surface area is 77.4 Å². The Morgan fingerprint density at radius 1 is 1.57 bits per heavy atom. The lowest BCUT2D eigenvalue weighted by Gasteiger charge is -2.05. The van der Waals surface area contributed by atoms with Crippen LogP contribution in [0.2, 0.25) is 0 Å². The molecule has 3 nitrogen and oxygen atoms in total. The Bertz CT molecular complexity index is 387. The zero-order valence-corrected chi connectivity index (χ0v) is 6.84. The maximum atomic E-state index is 13.1. The molecule has 1 rings (SSSR count). The molecule has 0 saturated heterocycles. The molecular formula is C8H5F3N2O. The number of aliphatic hydroxyl groups excluding tert-OH is 1. The third-order valence-corrected chi connectivity index (χ3v) is 1.61. The first-order valence-corrected chi connectivity index (χ1v) is 3.58. The molecule has 1 aromatic rings. The molecule has 0 aliphatic rings. The van der Waals surface area contributed by atoms with Gasteiger partial charge in [0, 0.05) is 11.8 Å². The molecule has 0 atom stereocenters. The summed E-state index contributed by atoms with van der Waals surface area (Å²) in [5.74, 6) is -1.37. The van der Waals surface area contributed by atoms with Crippen molar-refractivity contribution in [2.75, 3.05) is 0 Å². The SMILES string of the molecule is N#Cc1c(CO)cnc(C(F)F)c1F. The molecule has 1 N–H and O–H groups in total. The van der Waals surface area contributed by atoms with E-state index >= 15 is 0 Å². The number of aromatic nitrogens is 1. The first-order chi connectivity index (χ1) is 6.61. The number of hydrogen-bond acceptors (Lipinski definition) is 3. The Morgan fingerprint density at radius 2 is 2.21 bits per heavy atom. The van der Waals surface area contributed by atoms with E-state index in [0.29, 0.717) is 0 Å². The summed E-state index contributed by atoms with van der Waals surface area (Å²) in [6, 6.07) is 1.40. The molecule has 0 unspecified atom stereocenters. The van der Waals surface area contributed by atoms with E-state index in [9.17, 15) is 13.2 Å². The van der Waals surface area contributed by atoms with Crippen LogP contribution in [0.1, 0.15) is 23.2 Å². The smallest absolute Gasteiger partial charge is 0.283 e. The van der Waals surface area contributed by atoms with Crippen molar-refractivity contribution in [3.63, 3.8) is 0 Å². The molecule has 0 spiro atoms. The van der Waals surface area contributed by atoms with Crippen LogP contribution in [0.5, 0.6) is 0 Å². The van der Waals surface area contributed by atoms with Gasteiger partial charge in [-0.05, 0) is 0 Å². The number of rotatable bonds is 2. The van der Waals surface area contributed by atoms with E-state index in [-0.39, 0.29) is 5.56 Å². The van der Waals surface area contributed by atoms with Crippen molar-refractivity contribution in [3.8, 4) is 6.07 Å². The van der Waals surface area contributed by atoms with Crippen LogP contribution in [-0.2, 0) is 6.61 Å². The largest absolute Gasteiger partial charge is 0.392 e. The highest BCUT2D eigenvalue weighted by Gasteiger charge is 2.20. The minimum Gasteiger partial charge on any atom is -0.392 e. The average molecular weight is 202 g/mol. The van der Waals surface area contributed by atoms with Gasteiger partial charge in [-0.25, -0.2) is 13.2 Å². The van der Waals surface area contributed by atoms with Crippen molar-refractivity contribution in [2.45, 2.75) is 13.0 Å². The van der Waals surface area contributed by atoms with Gasteiger partial charge in [-0.3, -0.25) is 4.98 Å². The van der Waals surface area contributed by atoms with E-state index in [1.165, 1.54) is 6.07 Å². The van der Waals surface area contributed by atoms with Gasteiger partial charge in [0.05, 0.1) is 12.2 Å². The van der Waals surface area contributed by atoms with E-state index in [2.05, 4.69) is 4.98 Å². The van der Waals surface area contributed by atoms with Crippen molar-refractivity contribution < 1.29 is 18.3 Å². The zero-order valence-electron chi connectivity index (χ0n) is 6.84. The Hall–Kier alpha value is -1.61. The maximum Gasteiger partial charge on any atom is 0.283 e. The van der Waals surface area contributed by atoms with E-state index in [1.54, 1.807) is 0 Å². The van der Waals surface area contributed by atoms with Gasteiger partial charge in [-0.1, -0.05) is 0 Å². The molecular weight excluding hydrogens is 197 g/mol. The summed E-state index contributed by atoms with van der Waals surface area (Å²) in [6.07, 6.45) is -2.21. The third kappa shape index (κ3) is 1.67. The molecule has 0 aliphatic heterocycles. The molecule has 0 aliphatic carbocycles. The summed E-state index contributed by atoms with van der Waals surface area (Å²) in [7, 11) is 0. The van der Waals surface area contributed by atoms with Crippen LogP contribution in [0.15, 0.2) is 6.20 Å². The summed E-state index contributed by atoms with van der Waals surface area (Å²) >= 11 is 0. The number of hydrogen-bond donors (Lipinski definition) is 1. The quantitative estimate of drug-likeness (QED) is 0.790. The summed E-state index contributed by atoms with van der Waals surface area (Å²) in [5.41, 5.74) is -1.76. The zero-order chi connectivity index (χ0) is 10.7. The van der Waals surface area contributed by atoms with Crippen LogP contribution in [0.3, 0.4) is 0 Å². The first-order valence-electron chi connectivity index (χ1n) is 3.58. The predicted molar refractivity (Wildman–Crippen MR) is 39.8 cm³/mol. The van der Waals surface area contributed by atoms with Crippen LogP contribution in [0.25, 0.3) is 0 Å². The third-order valence-electron chi connectivity index (χ3n) is 1.61. The number of pyridine rings is 1. The molecule has 1 heterocycles. The fraction of sp³-hybridized carbons (Fsp3) is 0.250. The molecule has 74 valence electrons. The molecule has 0 aromatic carbocycles. The lowest BCUT2D eigenvalue weighted by Crippen LogP contribution is -2.03. The van der Waals surface area contributed by atoms with Gasteiger partial charge >= 0.3 is 0 Å². The summed E-state index contributed by atoms with van der Waals surface area (Å²) < 4.78 is 37.3. The second-order valence-electron chi connectivity index (χ2n) is 2.43. The maximum absolute atomic E-state index is 13.1. The standard InChI is InChI=1S/C8H5F3N2O/c9-6-5(1-12)4(3-14)2-13-7(6)8(10)11/h2,8,14H,3H2. The topological polar surface area (TPSA) is 56.9 Å². The number of halogens is 3. The fourth-order valence-corrected chi connectivity index (χ4v) is 0.931. The summed E-state index contributed by atoms with van der Waals surface area (Å²) in [6.45, 7) is -0.615. The number of aliphatic hydroxyl groups is 1. The normalized spacial score (nSPS) is 10.3. The van der Waals surface area contributed by atoms with Crippen molar-refractivity contribution in [1.82, 2.24) is 4.98 Å². The van der Waals surface area contributed by atoms with Crippen LogP contribution in [0, 0.1) is 17.1 Å². The Morgan fingerprint density at radius 3 is 2.64 bits per heavy atom. The van der Waals surface area contributed by atoms with E-state index in [1.807, 2.05) is 0 Å². The van der Waals surface area contributed by atoms with Crippen LogP contribution >= 0.6 is 0 Å². The Balaban J connectivity index is 3.37. The molecule has 14 heavy (non-hydrogen) atoms. The number of nitriles is 1. The minimum absolute atomic E-state index is 0.102. The van der Waals surface area contributed by atoms with Gasteiger partial charge in [0.15, 0.2) is 5.82 Å². The Kier molecular flexibility index (Phi) is 3.04. The van der Waals surface area contributed by atoms with Crippen molar-refractivity contribution in [2.24, 2.45) is 0 Å². The molecule has 0 fully saturated rings. The molecule has 6 heteroatoms. The van der Waals surface area contributed by atoms with Gasteiger partial charge in [0.1, 0.15) is 11.8 Å². The van der Waals surface area contributed by atoms with Crippen molar-refractivity contribution in [3.05, 3.63) is 28.8 Å². The molecule has 0 radical (unpaired) electrons. The van der Waals surface area contributed by atoms with Gasteiger partial charge in [0.25, 0.3) is 6.43 Å². The molecule has 0 saturated carbocycles. The number of alkyl halides is 2. The molecule has 1 aromatic heterocycles. The van der Waals surface area contributed by atoms with Crippen LogP contribution < -0.4 is 0 Å².